The molecule has 0 aliphatic heterocycles. The third-order valence-electron chi connectivity index (χ3n) is 3.69. The van der Waals surface area contributed by atoms with Crippen LogP contribution in [0.5, 0.6) is 0 Å². The summed E-state index contributed by atoms with van der Waals surface area (Å²) in [5, 5.41) is 7.33. The predicted octanol–water partition coefficient (Wildman–Crippen LogP) is 4.54. The summed E-state index contributed by atoms with van der Waals surface area (Å²) in [5.41, 5.74) is 1.74. The molecule has 4 aromatic rings. The van der Waals surface area contributed by atoms with Crippen molar-refractivity contribution in [1.29, 1.82) is 0 Å². The number of rotatable bonds is 4. The minimum atomic E-state index is -0.311. The minimum Gasteiger partial charge on any atom is -0.463 e. The molecule has 6 nitrogen and oxygen atoms in total. The standard InChI is InChI=1S/C19H13BrN4O2/c20-13-8-9-18(21-12-13)22-19(25)16-11-15(17-7-4-10-26-17)23-24(16)14-5-2-1-3-6-14/h1-12H,(H,21,22,25). The van der Waals surface area contributed by atoms with Gasteiger partial charge in [0.2, 0.25) is 0 Å². The Morgan fingerprint density at radius 2 is 1.92 bits per heavy atom. The summed E-state index contributed by atoms with van der Waals surface area (Å²) in [6, 6.07) is 18.3. The third-order valence-corrected chi connectivity index (χ3v) is 4.15. The monoisotopic (exact) mass is 408 g/mol. The molecule has 0 aliphatic rings. The molecule has 0 spiro atoms. The van der Waals surface area contributed by atoms with Crippen LogP contribution in [0, 0.1) is 0 Å². The Labute approximate surface area is 157 Å². The van der Waals surface area contributed by atoms with E-state index in [0.717, 1.165) is 10.2 Å². The summed E-state index contributed by atoms with van der Waals surface area (Å²) in [6.45, 7) is 0. The number of halogens is 1. The van der Waals surface area contributed by atoms with Crippen LogP contribution in [0.1, 0.15) is 10.5 Å². The summed E-state index contributed by atoms with van der Waals surface area (Å²) >= 11 is 3.32. The number of aromatic nitrogens is 3. The Bertz CT molecular complexity index is 1030. The Kier molecular flexibility index (Phi) is 4.37. The average molecular weight is 409 g/mol. The zero-order valence-electron chi connectivity index (χ0n) is 13.5. The molecule has 0 saturated heterocycles. The van der Waals surface area contributed by atoms with E-state index >= 15 is 0 Å². The van der Waals surface area contributed by atoms with E-state index in [4.69, 9.17) is 4.42 Å². The topological polar surface area (TPSA) is 73.0 Å². The fourth-order valence-corrected chi connectivity index (χ4v) is 2.72. The van der Waals surface area contributed by atoms with Gasteiger partial charge in [-0.2, -0.15) is 5.10 Å². The Balaban J connectivity index is 1.73. The molecule has 0 unspecified atom stereocenters. The highest BCUT2D eigenvalue weighted by molar-refractivity contribution is 9.10. The molecule has 26 heavy (non-hydrogen) atoms. The van der Waals surface area contributed by atoms with Crippen molar-refractivity contribution in [3.05, 3.63) is 83.3 Å². The number of carbonyl (C=O) groups is 1. The number of para-hydroxylation sites is 1. The van der Waals surface area contributed by atoms with E-state index in [1.807, 2.05) is 36.4 Å². The van der Waals surface area contributed by atoms with Crippen molar-refractivity contribution >= 4 is 27.7 Å². The fraction of sp³-hybridized carbons (Fsp3) is 0. The second kappa shape index (κ2) is 6.97. The number of hydrogen-bond donors (Lipinski definition) is 1. The number of anilines is 1. The van der Waals surface area contributed by atoms with Gasteiger partial charge in [0.15, 0.2) is 5.76 Å². The summed E-state index contributed by atoms with van der Waals surface area (Å²) in [5.74, 6) is 0.739. The maximum absolute atomic E-state index is 12.8. The Morgan fingerprint density at radius 1 is 1.08 bits per heavy atom. The molecule has 128 valence electrons. The smallest absolute Gasteiger partial charge is 0.275 e. The maximum atomic E-state index is 12.8. The van der Waals surface area contributed by atoms with Crippen molar-refractivity contribution in [3.8, 4) is 17.1 Å². The van der Waals surface area contributed by atoms with E-state index in [1.54, 1.807) is 41.4 Å². The van der Waals surface area contributed by atoms with E-state index in [9.17, 15) is 4.79 Å². The fourth-order valence-electron chi connectivity index (χ4n) is 2.48. The van der Waals surface area contributed by atoms with Gasteiger partial charge in [0, 0.05) is 16.7 Å². The quantitative estimate of drug-likeness (QED) is 0.537. The first-order valence-electron chi connectivity index (χ1n) is 7.83. The number of carbonyl (C=O) groups excluding carboxylic acids is 1. The highest BCUT2D eigenvalue weighted by Gasteiger charge is 2.19. The Morgan fingerprint density at radius 3 is 2.62 bits per heavy atom. The van der Waals surface area contributed by atoms with E-state index in [-0.39, 0.29) is 5.91 Å². The first kappa shape index (κ1) is 16.3. The maximum Gasteiger partial charge on any atom is 0.275 e. The van der Waals surface area contributed by atoms with Gasteiger partial charge in [-0.25, -0.2) is 9.67 Å². The number of pyridine rings is 1. The zero-order chi connectivity index (χ0) is 17.9. The minimum absolute atomic E-state index is 0.311. The lowest BCUT2D eigenvalue weighted by Crippen LogP contribution is -2.17. The summed E-state index contributed by atoms with van der Waals surface area (Å²) in [6.07, 6.45) is 3.20. The third kappa shape index (κ3) is 3.29. The molecule has 0 bridgehead atoms. The average Bonchev–Trinajstić information content (AvgIpc) is 3.34. The molecule has 0 atom stereocenters. The zero-order valence-corrected chi connectivity index (χ0v) is 15.1. The van der Waals surface area contributed by atoms with E-state index in [0.29, 0.717) is 23.0 Å². The molecular weight excluding hydrogens is 396 g/mol. The van der Waals surface area contributed by atoms with Crippen molar-refractivity contribution in [2.75, 3.05) is 5.32 Å². The van der Waals surface area contributed by atoms with Crippen LogP contribution in [0.3, 0.4) is 0 Å². The van der Waals surface area contributed by atoms with E-state index in [1.165, 1.54) is 0 Å². The molecule has 1 aromatic carbocycles. The highest BCUT2D eigenvalue weighted by atomic mass is 79.9. The molecule has 7 heteroatoms. The number of amides is 1. The SMILES string of the molecule is O=C(Nc1ccc(Br)cn1)c1cc(-c2ccco2)nn1-c1ccccc1. The van der Waals surface area contributed by atoms with Crippen LogP contribution >= 0.6 is 15.9 Å². The Hall–Kier alpha value is -3.19. The number of benzene rings is 1. The van der Waals surface area contributed by atoms with Crippen LogP contribution in [-0.4, -0.2) is 20.7 Å². The van der Waals surface area contributed by atoms with Crippen molar-refractivity contribution in [2.24, 2.45) is 0 Å². The largest absolute Gasteiger partial charge is 0.463 e. The van der Waals surface area contributed by atoms with Gasteiger partial charge in [-0.05, 0) is 52.3 Å². The lowest BCUT2D eigenvalue weighted by molar-refractivity contribution is 0.101. The van der Waals surface area contributed by atoms with Crippen molar-refractivity contribution in [2.45, 2.75) is 0 Å². The second-order valence-electron chi connectivity index (χ2n) is 5.46. The van der Waals surface area contributed by atoms with E-state index < -0.39 is 0 Å². The number of nitrogens with zero attached hydrogens (tertiary/aromatic N) is 3. The molecule has 4 rings (SSSR count). The molecule has 0 saturated carbocycles. The van der Waals surface area contributed by atoms with Gasteiger partial charge in [-0.1, -0.05) is 18.2 Å². The van der Waals surface area contributed by atoms with Crippen molar-refractivity contribution < 1.29 is 9.21 Å². The van der Waals surface area contributed by atoms with Gasteiger partial charge in [-0.3, -0.25) is 4.79 Å². The van der Waals surface area contributed by atoms with Crippen LogP contribution in [0.4, 0.5) is 5.82 Å². The number of furan rings is 1. The van der Waals surface area contributed by atoms with Crippen LogP contribution in [0.2, 0.25) is 0 Å². The summed E-state index contributed by atoms with van der Waals surface area (Å²) in [4.78, 5) is 17.0. The van der Waals surface area contributed by atoms with Crippen LogP contribution in [-0.2, 0) is 0 Å². The van der Waals surface area contributed by atoms with Gasteiger partial charge in [-0.15, -0.1) is 0 Å². The van der Waals surface area contributed by atoms with Gasteiger partial charge in [0.05, 0.1) is 12.0 Å². The molecule has 0 radical (unpaired) electrons. The normalized spacial score (nSPS) is 10.7. The molecule has 3 heterocycles. The van der Waals surface area contributed by atoms with Gasteiger partial charge < -0.3 is 9.73 Å². The number of hydrogen-bond acceptors (Lipinski definition) is 4. The van der Waals surface area contributed by atoms with Crippen LogP contribution in [0.15, 0.2) is 82.0 Å². The molecule has 1 N–H and O–H groups in total. The molecule has 3 aromatic heterocycles. The first-order valence-corrected chi connectivity index (χ1v) is 8.62. The van der Waals surface area contributed by atoms with Crippen LogP contribution < -0.4 is 5.32 Å². The summed E-state index contributed by atoms with van der Waals surface area (Å²) < 4.78 is 7.84. The van der Waals surface area contributed by atoms with Crippen molar-refractivity contribution in [3.63, 3.8) is 0 Å². The lowest BCUT2D eigenvalue weighted by atomic mass is 10.2. The lowest BCUT2D eigenvalue weighted by Gasteiger charge is -2.07. The second-order valence-corrected chi connectivity index (χ2v) is 6.37. The van der Waals surface area contributed by atoms with E-state index in [2.05, 4.69) is 31.3 Å². The predicted molar refractivity (Wildman–Crippen MR) is 101 cm³/mol. The van der Waals surface area contributed by atoms with Gasteiger partial charge in [0.1, 0.15) is 17.2 Å². The molecule has 0 aliphatic carbocycles. The molecule has 0 fully saturated rings. The molecular formula is C19H13BrN4O2. The van der Waals surface area contributed by atoms with Crippen molar-refractivity contribution in [1.82, 2.24) is 14.8 Å². The number of nitrogens with one attached hydrogen (secondary N) is 1. The molecule has 1 amide bonds. The first-order chi connectivity index (χ1) is 12.7. The van der Waals surface area contributed by atoms with Crippen LogP contribution in [0.25, 0.3) is 17.1 Å². The van der Waals surface area contributed by atoms with Gasteiger partial charge in [0.25, 0.3) is 5.91 Å². The summed E-state index contributed by atoms with van der Waals surface area (Å²) in [7, 11) is 0. The van der Waals surface area contributed by atoms with Gasteiger partial charge >= 0.3 is 0 Å². The highest BCUT2D eigenvalue weighted by Crippen LogP contribution is 2.23.